The summed E-state index contributed by atoms with van der Waals surface area (Å²) in [5, 5.41) is 7.94. The van der Waals surface area contributed by atoms with Gasteiger partial charge >= 0.3 is 6.09 Å². The van der Waals surface area contributed by atoms with Gasteiger partial charge in [0.1, 0.15) is 12.1 Å². The van der Waals surface area contributed by atoms with Crippen LogP contribution in [0.25, 0.3) is 0 Å². The Hall–Kier alpha value is -3.10. The first-order valence-electron chi connectivity index (χ1n) is 10.4. The highest BCUT2D eigenvalue weighted by Crippen LogP contribution is 2.22. The minimum absolute atomic E-state index is 0.00222. The molecule has 9 nitrogen and oxygen atoms in total. The number of hydrogen-bond acceptors (Lipinski definition) is 5. The maximum absolute atomic E-state index is 12.5. The summed E-state index contributed by atoms with van der Waals surface area (Å²) in [7, 11) is 0. The average molecular weight is 433 g/mol. The van der Waals surface area contributed by atoms with Gasteiger partial charge in [0, 0.05) is 31.2 Å². The molecule has 1 atom stereocenters. The number of nitrogens with zero attached hydrogens (tertiary/aromatic N) is 1. The lowest BCUT2D eigenvalue weighted by Crippen LogP contribution is -2.39. The molecule has 3 N–H and O–H groups in total. The lowest BCUT2D eigenvalue weighted by atomic mass is 10.1. The highest BCUT2D eigenvalue weighted by molar-refractivity contribution is 5.97. The Morgan fingerprint density at radius 3 is 2.32 bits per heavy atom. The highest BCUT2D eigenvalue weighted by atomic mass is 16.6. The first-order valence-corrected chi connectivity index (χ1v) is 10.4. The van der Waals surface area contributed by atoms with Crippen LogP contribution in [0.15, 0.2) is 24.3 Å². The van der Waals surface area contributed by atoms with E-state index < -0.39 is 11.7 Å². The van der Waals surface area contributed by atoms with Crippen molar-refractivity contribution in [3.63, 3.8) is 0 Å². The zero-order valence-electron chi connectivity index (χ0n) is 18.8. The van der Waals surface area contributed by atoms with Crippen LogP contribution in [0.1, 0.15) is 46.6 Å². The van der Waals surface area contributed by atoms with Crippen LogP contribution in [0.2, 0.25) is 0 Å². The van der Waals surface area contributed by atoms with Crippen molar-refractivity contribution in [2.24, 2.45) is 5.92 Å². The predicted molar refractivity (Wildman–Crippen MR) is 116 cm³/mol. The molecule has 0 aromatic heterocycles. The number of benzene rings is 1. The summed E-state index contributed by atoms with van der Waals surface area (Å²) < 4.78 is 5.07. The molecule has 4 amide bonds. The molecule has 2 rings (SSSR count). The van der Waals surface area contributed by atoms with Crippen LogP contribution >= 0.6 is 0 Å². The molecule has 1 aromatic carbocycles. The third kappa shape index (κ3) is 7.92. The van der Waals surface area contributed by atoms with Crippen molar-refractivity contribution in [2.45, 2.75) is 59.2 Å². The summed E-state index contributed by atoms with van der Waals surface area (Å²) in [6.45, 7) is 9.63. The number of hydrogen-bond donors (Lipinski definition) is 3. The maximum atomic E-state index is 12.5. The van der Waals surface area contributed by atoms with Gasteiger partial charge in [-0.2, -0.15) is 0 Å². The molecule has 1 unspecified atom stereocenters. The Kier molecular flexibility index (Phi) is 8.01. The minimum Gasteiger partial charge on any atom is -0.444 e. The van der Waals surface area contributed by atoms with Crippen LogP contribution in [0.4, 0.5) is 10.5 Å². The summed E-state index contributed by atoms with van der Waals surface area (Å²) in [5.74, 6) is -0.872. The van der Waals surface area contributed by atoms with Crippen LogP contribution in [0.5, 0.6) is 0 Å². The van der Waals surface area contributed by atoms with Crippen LogP contribution in [0, 0.1) is 5.92 Å². The summed E-state index contributed by atoms with van der Waals surface area (Å²) in [5.41, 5.74) is 0.839. The van der Waals surface area contributed by atoms with E-state index >= 15 is 0 Å². The second-order valence-corrected chi connectivity index (χ2v) is 8.86. The molecule has 1 heterocycles. The van der Waals surface area contributed by atoms with Gasteiger partial charge in [-0.15, -0.1) is 0 Å². The third-order valence-corrected chi connectivity index (χ3v) is 4.66. The van der Waals surface area contributed by atoms with E-state index in [2.05, 4.69) is 16.0 Å². The average Bonchev–Trinajstić information content (AvgIpc) is 3.06. The molecule has 0 saturated carbocycles. The summed E-state index contributed by atoms with van der Waals surface area (Å²) >= 11 is 0. The molecule has 1 fully saturated rings. The largest absolute Gasteiger partial charge is 0.444 e. The van der Waals surface area contributed by atoms with Gasteiger partial charge in [0.05, 0.1) is 5.92 Å². The molecule has 0 radical (unpaired) electrons. The van der Waals surface area contributed by atoms with Gasteiger partial charge in [0.2, 0.25) is 17.7 Å². The van der Waals surface area contributed by atoms with Gasteiger partial charge < -0.3 is 25.6 Å². The van der Waals surface area contributed by atoms with Gasteiger partial charge in [-0.25, -0.2) is 4.79 Å². The maximum Gasteiger partial charge on any atom is 0.408 e. The van der Waals surface area contributed by atoms with Crippen LogP contribution in [0.3, 0.4) is 0 Å². The molecular formula is C22H32N4O5. The number of carbonyl (C=O) groups is 4. The van der Waals surface area contributed by atoms with Crippen LogP contribution in [-0.4, -0.2) is 53.4 Å². The van der Waals surface area contributed by atoms with E-state index in [0.717, 1.165) is 5.56 Å². The van der Waals surface area contributed by atoms with Gasteiger partial charge in [0.25, 0.3) is 0 Å². The number of nitrogens with one attached hydrogen (secondary N) is 3. The molecule has 0 bridgehead atoms. The number of carbonyl (C=O) groups excluding carboxylic acids is 4. The molecule has 0 spiro atoms. The van der Waals surface area contributed by atoms with Crippen molar-refractivity contribution in [3.05, 3.63) is 29.8 Å². The summed E-state index contributed by atoms with van der Waals surface area (Å²) in [4.78, 5) is 49.6. The molecule has 1 aromatic rings. The van der Waals surface area contributed by atoms with Gasteiger partial charge in [-0.1, -0.05) is 12.1 Å². The fourth-order valence-electron chi connectivity index (χ4n) is 3.09. The zero-order chi connectivity index (χ0) is 23.2. The van der Waals surface area contributed by atoms with Gasteiger partial charge in [0.15, 0.2) is 0 Å². The van der Waals surface area contributed by atoms with Crippen molar-refractivity contribution in [2.75, 3.05) is 18.4 Å². The molecule has 31 heavy (non-hydrogen) atoms. The van der Waals surface area contributed by atoms with Crippen molar-refractivity contribution in [1.29, 1.82) is 0 Å². The molecule has 1 aliphatic rings. The topological polar surface area (TPSA) is 117 Å². The standard InChI is InChI=1S/C22H32N4O5/c1-14(2)26-13-16(10-19(26)28)20(29)25-17-8-6-15(7-9-17)11-23-18(27)12-24-21(30)31-22(3,4)5/h6-9,14,16H,10-13H2,1-5H3,(H,23,27)(H,24,30)(H,25,29). The molecular weight excluding hydrogens is 400 g/mol. The second kappa shape index (κ2) is 10.3. The van der Waals surface area contributed by atoms with Crippen molar-refractivity contribution >= 4 is 29.5 Å². The molecule has 1 aliphatic heterocycles. The monoisotopic (exact) mass is 432 g/mol. The van der Waals surface area contributed by atoms with Crippen LogP contribution < -0.4 is 16.0 Å². The molecule has 1 saturated heterocycles. The quantitative estimate of drug-likeness (QED) is 0.609. The Morgan fingerprint density at radius 1 is 1.13 bits per heavy atom. The zero-order valence-corrected chi connectivity index (χ0v) is 18.8. The van der Waals surface area contributed by atoms with Crippen LogP contribution in [-0.2, 0) is 25.7 Å². The normalized spacial score (nSPS) is 16.3. The summed E-state index contributed by atoms with van der Waals surface area (Å²) in [6.07, 6.45) is -0.422. The predicted octanol–water partition coefficient (Wildman–Crippen LogP) is 2.02. The van der Waals surface area contributed by atoms with E-state index in [9.17, 15) is 19.2 Å². The lowest BCUT2D eigenvalue weighted by Gasteiger charge is -2.20. The van der Waals surface area contributed by atoms with Crippen molar-refractivity contribution in [3.8, 4) is 0 Å². The number of rotatable bonds is 7. The van der Waals surface area contributed by atoms with Gasteiger partial charge in [-0.05, 0) is 52.3 Å². The lowest BCUT2D eigenvalue weighted by molar-refractivity contribution is -0.129. The number of alkyl carbamates (subject to hydrolysis) is 1. The van der Waals surface area contributed by atoms with E-state index in [-0.39, 0.29) is 49.2 Å². The Bertz CT molecular complexity index is 814. The smallest absolute Gasteiger partial charge is 0.408 e. The summed E-state index contributed by atoms with van der Waals surface area (Å²) in [6, 6.07) is 7.15. The number of ether oxygens (including phenoxy) is 1. The molecule has 170 valence electrons. The Labute approximate surface area is 182 Å². The first-order chi connectivity index (χ1) is 14.4. The van der Waals surface area contributed by atoms with Gasteiger partial charge in [-0.3, -0.25) is 14.4 Å². The SMILES string of the molecule is CC(C)N1CC(C(=O)Nc2ccc(CNC(=O)CNC(=O)OC(C)(C)C)cc2)CC1=O. The number of likely N-dealkylation sites (tertiary alicyclic amines) is 1. The Morgan fingerprint density at radius 2 is 1.77 bits per heavy atom. The van der Waals surface area contributed by atoms with E-state index in [1.807, 2.05) is 13.8 Å². The third-order valence-electron chi connectivity index (χ3n) is 4.66. The van der Waals surface area contributed by atoms with E-state index in [1.54, 1.807) is 49.9 Å². The fourth-order valence-corrected chi connectivity index (χ4v) is 3.09. The number of amides is 4. The van der Waals surface area contributed by atoms with E-state index in [0.29, 0.717) is 12.2 Å². The fraction of sp³-hybridized carbons (Fsp3) is 0.545. The number of anilines is 1. The van der Waals surface area contributed by atoms with E-state index in [1.165, 1.54) is 0 Å². The highest BCUT2D eigenvalue weighted by Gasteiger charge is 2.35. The Balaban J connectivity index is 1.75. The molecule has 9 heteroatoms. The second-order valence-electron chi connectivity index (χ2n) is 8.86. The minimum atomic E-state index is -0.650. The van der Waals surface area contributed by atoms with Crippen molar-refractivity contribution in [1.82, 2.24) is 15.5 Å². The van der Waals surface area contributed by atoms with E-state index in [4.69, 9.17) is 4.74 Å². The van der Waals surface area contributed by atoms with Crippen molar-refractivity contribution < 1.29 is 23.9 Å². The first kappa shape index (κ1) is 24.2. The molecule has 0 aliphatic carbocycles.